The minimum Gasteiger partial charge on any atom is -0.444 e. The summed E-state index contributed by atoms with van der Waals surface area (Å²) < 4.78 is 5.42. The van der Waals surface area contributed by atoms with Crippen LogP contribution in [0.15, 0.2) is 48.2 Å². The summed E-state index contributed by atoms with van der Waals surface area (Å²) in [4.78, 5) is 13.8. The molecule has 120 valence electrons. The smallest absolute Gasteiger partial charge is 0.410 e. The molecule has 1 fully saturated rings. The largest absolute Gasteiger partial charge is 0.444 e. The first-order valence-electron chi connectivity index (χ1n) is 7.90. The monoisotopic (exact) mass is 302 g/mol. The predicted octanol–water partition coefficient (Wildman–Crippen LogP) is 3.54. The number of rotatable bonds is 2. The molecule has 4 heteroatoms. The molecule has 1 aliphatic heterocycles. The van der Waals surface area contributed by atoms with E-state index in [2.05, 4.69) is 17.5 Å². The maximum atomic E-state index is 12.0. The molecule has 1 aliphatic carbocycles. The third-order valence-corrected chi connectivity index (χ3v) is 3.51. The molecule has 1 saturated heterocycles. The number of amides is 1. The van der Waals surface area contributed by atoms with Gasteiger partial charge < -0.3 is 15.0 Å². The van der Waals surface area contributed by atoms with Gasteiger partial charge in [0.25, 0.3) is 0 Å². The number of piperidine rings is 1. The second-order valence-electron chi connectivity index (χ2n) is 6.64. The molecular weight excluding hydrogens is 276 g/mol. The Balaban J connectivity index is 1.81. The summed E-state index contributed by atoms with van der Waals surface area (Å²) in [6.07, 6.45) is 15.9. The summed E-state index contributed by atoms with van der Waals surface area (Å²) in [6, 6.07) is 0.395. The molecule has 0 atom stereocenters. The summed E-state index contributed by atoms with van der Waals surface area (Å²) in [5, 5.41) is 3.54. The fourth-order valence-corrected chi connectivity index (χ4v) is 2.43. The fourth-order valence-electron chi connectivity index (χ4n) is 2.43. The molecule has 1 amide bonds. The van der Waals surface area contributed by atoms with Crippen molar-refractivity contribution in [1.82, 2.24) is 10.2 Å². The van der Waals surface area contributed by atoms with Crippen LogP contribution in [0.5, 0.6) is 0 Å². The van der Waals surface area contributed by atoms with Crippen LogP contribution in [0.4, 0.5) is 4.79 Å². The van der Waals surface area contributed by atoms with E-state index in [0.717, 1.165) is 31.6 Å². The topological polar surface area (TPSA) is 41.6 Å². The van der Waals surface area contributed by atoms with E-state index >= 15 is 0 Å². The zero-order chi connectivity index (χ0) is 16.0. The quantitative estimate of drug-likeness (QED) is 0.848. The average molecular weight is 302 g/mol. The van der Waals surface area contributed by atoms with Gasteiger partial charge in [0.2, 0.25) is 0 Å². The molecule has 0 spiro atoms. The zero-order valence-corrected chi connectivity index (χ0v) is 13.7. The van der Waals surface area contributed by atoms with E-state index in [-0.39, 0.29) is 6.09 Å². The van der Waals surface area contributed by atoms with Crippen LogP contribution in [0.2, 0.25) is 0 Å². The average Bonchev–Trinajstić information content (AvgIpc) is 2.40. The minimum atomic E-state index is -0.430. The molecule has 1 heterocycles. The zero-order valence-electron chi connectivity index (χ0n) is 13.7. The van der Waals surface area contributed by atoms with E-state index in [1.165, 1.54) is 0 Å². The Morgan fingerprint density at radius 1 is 1.14 bits per heavy atom. The van der Waals surface area contributed by atoms with Crippen molar-refractivity contribution in [3.63, 3.8) is 0 Å². The van der Waals surface area contributed by atoms with E-state index in [4.69, 9.17) is 4.74 Å². The number of hydrogen-bond acceptors (Lipinski definition) is 3. The van der Waals surface area contributed by atoms with Gasteiger partial charge in [-0.2, -0.15) is 0 Å². The Kier molecular flexibility index (Phi) is 5.47. The third kappa shape index (κ3) is 5.43. The van der Waals surface area contributed by atoms with Gasteiger partial charge in [-0.05, 0) is 45.8 Å². The van der Waals surface area contributed by atoms with Crippen LogP contribution in [-0.4, -0.2) is 35.7 Å². The van der Waals surface area contributed by atoms with Crippen LogP contribution < -0.4 is 5.32 Å². The highest BCUT2D eigenvalue weighted by Crippen LogP contribution is 2.16. The highest BCUT2D eigenvalue weighted by molar-refractivity contribution is 5.68. The summed E-state index contributed by atoms with van der Waals surface area (Å²) in [6.45, 7) is 7.16. The molecule has 22 heavy (non-hydrogen) atoms. The number of nitrogens with one attached hydrogen (secondary N) is 1. The maximum absolute atomic E-state index is 12.0. The van der Waals surface area contributed by atoms with Crippen LogP contribution in [-0.2, 0) is 4.74 Å². The Morgan fingerprint density at radius 3 is 2.45 bits per heavy atom. The molecular formula is C18H26N2O2. The van der Waals surface area contributed by atoms with Crippen molar-refractivity contribution in [3.05, 3.63) is 48.2 Å². The summed E-state index contributed by atoms with van der Waals surface area (Å²) in [7, 11) is 0. The normalized spacial score (nSPS) is 22.3. The van der Waals surface area contributed by atoms with Crippen molar-refractivity contribution in [2.45, 2.75) is 45.3 Å². The van der Waals surface area contributed by atoms with Gasteiger partial charge in [0.05, 0.1) is 0 Å². The number of carbonyl (C=O) groups excluding carboxylic acids is 1. The lowest BCUT2D eigenvalue weighted by Gasteiger charge is -2.34. The van der Waals surface area contributed by atoms with Crippen molar-refractivity contribution >= 4 is 6.09 Å². The molecule has 0 bridgehead atoms. The molecule has 4 nitrogen and oxygen atoms in total. The standard InChI is InChI=1S/C18H26N2O2/c1-18(2,3)22-17(21)20-13-11-16(12-14-20)19-15-9-7-5-4-6-8-10-15/h4-10,16,19H,11-14H2,1-3H3/b5-4-,6-4?,7-5?,8-6-,9-7?,10-8?,15-9?,15-10?. The van der Waals surface area contributed by atoms with Crippen molar-refractivity contribution in [2.24, 2.45) is 0 Å². The number of hydrogen-bond donors (Lipinski definition) is 1. The van der Waals surface area contributed by atoms with Gasteiger partial charge >= 0.3 is 6.09 Å². The fraction of sp³-hybridized carbons (Fsp3) is 0.500. The summed E-state index contributed by atoms with van der Waals surface area (Å²) >= 11 is 0. The molecule has 1 N–H and O–H groups in total. The van der Waals surface area contributed by atoms with Crippen molar-refractivity contribution < 1.29 is 9.53 Å². The summed E-state index contributed by atoms with van der Waals surface area (Å²) in [5.41, 5.74) is 0.678. The molecule has 0 aromatic carbocycles. The lowest BCUT2D eigenvalue weighted by atomic mass is 10.0. The Hall–Kier alpha value is -1.97. The lowest BCUT2D eigenvalue weighted by Crippen LogP contribution is -2.46. The third-order valence-electron chi connectivity index (χ3n) is 3.51. The number of ether oxygens (including phenoxy) is 1. The Labute approximate surface area is 133 Å². The molecule has 0 radical (unpaired) electrons. The second-order valence-corrected chi connectivity index (χ2v) is 6.64. The first-order valence-corrected chi connectivity index (χ1v) is 7.90. The van der Waals surface area contributed by atoms with Crippen LogP contribution in [0.1, 0.15) is 33.6 Å². The molecule has 0 aromatic rings. The van der Waals surface area contributed by atoms with E-state index < -0.39 is 5.60 Å². The highest BCUT2D eigenvalue weighted by atomic mass is 16.6. The Bertz CT molecular complexity index is 502. The van der Waals surface area contributed by atoms with Gasteiger partial charge in [0.1, 0.15) is 5.60 Å². The molecule has 0 unspecified atom stereocenters. The summed E-state index contributed by atoms with van der Waals surface area (Å²) in [5.74, 6) is 0. The van der Waals surface area contributed by atoms with E-state index in [1.54, 1.807) is 4.90 Å². The number of nitrogens with zero attached hydrogens (tertiary/aromatic N) is 1. The second kappa shape index (κ2) is 7.34. The van der Waals surface area contributed by atoms with E-state index in [0.29, 0.717) is 6.04 Å². The number of allylic oxidation sites excluding steroid dienone is 7. The first kappa shape index (κ1) is 16.4. The molecule has 2 rings (SSSR count). The van der Waals surface area contributed by atoms with Gasteiger partial charge in [-0.25, -0.2) is 4.79 Å². The van der Waals surface area contributed by atoms with Gasteiger partial charge in [-0.3, -0.25) is 0 Å². The van der Waals surface area contributed by atoms with Crippen molar-refractivity contribution in [1.29, 1.82) is 0 Å². The number of likely N-dealkylation sites (tertiary alicyclic amines) is 1. The highest BCUT2D eigenvalue weighted by Gasteiger charge is 2.26. The van der Waals surface area contributed by atoms with Gasteiger partial charge in [-0.15, -0.1) is 0 Å². The van der Waals surface area contributed by atoms with Crippen LogP contribution in [0, 0.1) is 0 Å². The maximum Gasteiger partial charge on any atom is 0.410 e. The Morgan fingerprint density at radius 2 is 1.77 bits per heavy atom. The van der Waals surface area contributed by atoms with Gasteiger partial charge in [-0.1, -0.05) is 30.4 Å². The lowest BCUT2D eigenvalue weighted by molar-refractivity contribution is 0.0201. The first-order chi connectivity index (χ1) is 10.4. The van der Waals surface area contributed by atoms with Crippen molar-refractivity contribution in [3.8, 4) is 0 Å². The van der Waals surface area contributed by atoms with E-state index in [9.17, 15) is 4.79 Å². The van der Waals surface area contributed by atoms with Gasteiger partial charge in [0.15, 0.2) is 0 Å². The van der Waals surface area contributed by atoms with Crippen LogP contribution in [0.25, 0.3) is 0 Å². The van der Waals surface area contributed by atoms with Crippen molar-refractivity contribution in [2.75, 3.05) is 13.1 Å². The minimum absolute atomic E-state index is 0.205. The van der Waals surface area contributed by atoms with Crippen LogP contribution >= 0.6 is 0 Å². The SMILES string of the molecule is CC(C)(C)OC(=O)N1CCC(NC2=C/C=C\C=C/C=C2)CC1. The molecule has 2 aliphatic rings. The molecule has 0 saturated carbocycles. The van der Waals surface area contributed by atoms with Crippen LogP contribution in [0.3, 0.4) is 0 Å². The van der Waals surface area contributed by atoms with Gasteiger partial charge in [0, 0.05) is 24.8 Å². The number of carbonyl (C=O) groups is 1. The molecule has 0 aromatic heterocycles. The predicted molar refractivity (Wildman–Crippen MR) is 89.5 cm³/mol. The van der Waals surface area contributed by atoms with E-state index in [1.807, 2.05) is 51.2 Å².